The number of halogens is 1. The largest absolute Gasteiger partial charge is 0.494 e. The molecule has 7 rings (SSSR count). The normalized spacial score (nSPS) is 13.8. The van der Waals surface area contributed by atoms with Crippen molar-refractivity contribution < 1.29 is 28.3 Å². The molecule has 18 heteroatoms. The molecule has 0 bridgehead atoms. The van der Waals surface area contributed by atoms with E-state index in [4.69, 9.17) is 4.74 Å². The summed E-state index contributed by atoms with van der Waals surface area (Å²) in [6, 6.07) is 14.8. The molecule has 17 nitrogen and oxygen atoms in total. The lowest BCUT2D eigenvalue weighted by Gasteiger charge is -2.21. The molecular weight excluding hydrogens is 762 g/mol. The number of methoxy groups -OCH3 is 1. The third-order valence-corrected chi connectivity index (χ3v) is 9.87. The fourth-order valence-electron chi connectivity index (χ4n) is 7.04. The van der Waals surface area contributed by atoms with Gasteiger partial charge in [-0.05, 0) is 61.6 Å². The van der Waals surface area contributed by atoms with Gasteiger partial charge in [-0.25, -0.2) is 29.1 Å². The Hall–Kier alpha value is -7.50. The van der Waals surface area contributed by atoms with E-state index in [-0.39, 0.29) is 41.7 Å². The first-order valence-electron chi connectivity index (χ1n) is 18.7. The van der Waals surface area contributed by atoms with Crippen molar-refractivity contribution in [3.8, 4) is 17.1 Å². The number of anilines is 4. The van der Waals surface area contributed by atoms with Gasteiger partial charge in [-0.1, -0.05) is 18.2 Å². The molecule has 0 aliphatic carbocycles. The number of rotatable bonds is 14. The van der Waals surface area contributed by atoms with Gasteiger partial charge >= 0.3 is 5.69 Å². The molecule has 1 aliphatic heterocycles. The lowest BCUT2D eigenvalue weighted by Crippen LogP contribution is -2.44. The number of amides is 4. The molecule has 4 aromatic heterocycles. The number of imidazole rings is 1. The number of piperidine rings is 1. The van der Waals surface area contributed by atoms with Crippen LogP contribution in [0.2, 0.25) is 0 Å². The number of aryl methyl sites for hydroxylation is 2. The van der Waals surface area contributed by atoms with Gasteiger partial charge in [0.25, 0.3) is 11.8 Å². The molecule has 302 valence electrons. The second-order valence-corrected chi connectivity index (χ2v) is 13.7. The van der Waals surface area contributed by atoms with Crippen LogP contribution in [-0.2, 0) is 23.1 Å². The third-order valence-electron chi connectivity index (χ3n) is 9.87. The highest BCUT2D eigenvalue weighted by Crippen LogP contribution is 2.37. The zero-order valence-electron chi connectivity index (χ0n) is 32.3. The topological polar surface area (TPSA) is 216 Å². The van der Waals surface area contributed by atoms with Gasteiger partial charge in [0.15, 0.2) is 17.4 Å². The Bertz CT molecular complexity index is 2640. The molecule has 0 spiro atoms. The van der Waals surface area contributed by atoms with E-state index in [1.807, 2.05) is 12.1 Å². The van der Waals surface area contributed by atoms with E-state index in [0.717, 1.165) is 23.5 Å². The zero-order valence-corrected chi connectivity index (χ0v) is 32.3. The predicted molar refractivity (Wildman–Crippen MR) is 216 cm³/mol. The Morgan fingerprint density at radius 3 is 2.46 bits per heavy atom. The minimum absolute atomic E-state index is 0.165. The van der Waals surface area contributed by atoms with Gasteiger partial charge in [-0.15, -0.1) is 0 Å². The van der Waals surface area contributed by atoms with E-state index in [0.29, 0.717) is 71.2 Å². The molecule has 6 aromatic rings. The first-order valence-corrected chi connectivity index (χ1v) is 18.7. The number of nitrogens with one attached hydrogen (secondary N) is 5. The molecule has 1 unspecified atom stereocenters. The molecule has 4 amide bonds. The Morgan fingerprint density at radius 1 is 0.915 bits per heavy atom. The maximum atomic E-state index is 13.5. The van der Waals surface area contributed by atoms with E-state index in [1.54, 1.807) is 49.5 Å². The fourth-order valence-corrected chi connectivity index (χ4v) is 7.04. The second-order valence-electron chi connectivity index (χ2n) is 13.7. The maximum absolute atomic E-state index is 13.5. The number of hydrogen-bond donors (Lipinski definition) is 5. The molecule has 0 saturated carbocycles. The molecule has 1 fully saturated rings. The summed E-state index contributed by atoms with van der Waals surface area (Å²) in [7, 11) is 4.65. The number of ether oxygens (including phenoxy) is 1. The highest BCUT2D eigenvalue weighted by molar-refractivity contribution is 6.01. The lowest BCUT2D eigenvalue weighted by molar-refractivity contribution is -0.135. The first-order chi connectivity index (χ1) is 28.6. The Kier molecular flexibility index (Phi) is 11.7. The van der Waals surface area contributed by atoms with Crippen LogP contribution in [0, 0.1) is 5.82 Å². The minimum Gasteiger partial charge on any atom is -0.494 e. The maximum Gasteiger partial charge on any atom is 0.329 e. The van der Waals surface area contributed by atoms with Gasteiger partial charge in [-0.3, -0.25) is 33.6 Å². The molecule has 1 aliphatic rings. The number of unbranched alkanes of at least 4 members (excludes halogenated alkanes) is 1. The van der Waals surface area contributed by atoms with Crippen molar-refractivity contribution in [1.29, 1.82) is 0 Å². The van der Waals surface area contributed by atoms with Gasteiger partial charge < -0.3 is 26.0 Å². The molecule has 59 heavy (non-hydrogen) atoms. The monoisotopic (exact) mass is 801 g/mol. The Morgan fingerprint density at radius 2 is 1.69 bits per heavy atom. The van der Waals surface area contributed by atoms with Crippen molar-refractivity contribution in [2.24, 2.45) is 7.05 Å². The number of aromatic nitrogens is 6. The smallest absolute Gasteiger partial charge is 0.329 e. The van der Waals surface area contributed by atoms with Crippen LogP contribution in [0.1, 0.15) is 58.0 Å². The molecule has 0 radical (unpaired) electrons. The number of para-hydroxylation sites is 2. The number of carbonyl (C=O) groups is 4. The number of benzene rings is 2. The summed E-state index contributed by atoms with van der Waals surface area (Å²) in [5, 5.41) is 14.2. The van der Waals surface area contributed by atoms with Crippen LogP contribution in [0.4, 0.5) is 27.4 Å². The van der Waals surface area contributed by atoms with Crippen molar-refractivity contribution in [1.82, 2.24) is 45.0 Å². The van der Waals surface area contributed by atoms with E-state index < -0.39 is 23.7 Å². The summed E-state index contributed by atoms with van der Waals surface area (Å²) in [5.41, 5.74) is 3.92. The molecule has 1 atom stereocenters. The van der Waals surface area contributed by atoms with Crippen LogP contribution in [0.25, 0.3) is 22.4 Å². The molecule has 2 aromatic carbocycles. The lowest BCUT2D eigenvalue weighted by atomic mass is 10.0. The highest BCUT2D eigenvalue weighted by Gasteiger charge is 2.31. The van der Waals surface area contributed by atoms with Gasteiger partial charge in [0.1, 0.15) is 17.7 Å². The SMILES string of the molecule is CNC(=O)c1cnc(Nc2cc(C(=O)NCCCCc3cccc4c3n(C)c(=O)n4C3CCC(=O)NC3=O)ccn2)cc1Nc1cccc(-c2ncc(F)cn2)c1OC. The number of hydrogen-bond acceptors (Lipinski definition) is 12. The number of pyridine rings is 2. The summed E-state index contributed by atoms with van der Waals surface area (Å²) in [6.45, 7) is 0.394. The number of nitrogens with zero attached hydrogens (tertiary/aromatic N) is 6. The standard InChI is InChI=1S/C41H40FN11O6/c1-43-39(56)27-22-46-33(19-29(27)49-28-11-7-10-26(36(28)59-3)37-47-20-25(42)21-48-37)50-32-18-24(15-17-44-32)38(55)45-16-5-4-8-23-9-6-12-30-35(23)52(2)41(58)53(30)31-13-14-34(54)51-40(31)57/h6-7,9-12,15,17-22,31H,4-5,8,13-14,16H2,1-3H3,(H,43,56)(H,45,55)(H,51,54,57)(H2,44,46,49,50). The number of carbonyl (C=O) groups excluding carboxylic acids is 4. The number of imide groups is 1. The van der Waals surface area contributed by atoms with Gasteiger partial charge in [0, 0.05) is 51.1 Å². The fraction of sp³-hybridized carbons (Fsp3) is 0.244. The summed E-state index contributed by atoms with van der Waals surface area (Å²) in [6.07, 6.45) is 7.43. The van der Waals surface area contributed by atoms with Crippen molar-refractivity contribution in [2.45, 2.75) is 38.1 Å². The van der Waals surface area contributed by atoms with Crippen LogP contribution >= 0.6 is 0 Å². The van der Waals surface area contributed by atoms with Crippen molar-refractivity contribution in [2.75, 3.05) is 31.3 Å². The van der Waals surface area contributed by atoms with E-state index in [2.05, 4.69) is 46.5 Å². The molecule has 5 N–H and O–H groups in total. The summed E-state index contributed by atoms with van der Waals surface area (Å²) >= 11 is 0. The average Bonchev–Trinajstić information content (AvgIpc) is 3.49. The number of fused-ring (bicyclic) bond motifs is 1. The zero-order chi connectivity index (χ0) is 41.6. The molecule has 1 saturated heterocycles. The molecular formula is C41H40FN11O6. The van der Waals surface area contributed by atoms with E-state index in [1.165, 1.54) is 35.7 Å². The van der Waals surface area contributed by atoms with Crippen LogP contribution in [0.15, 0.2) is 84.2 Å². The van der Waals surface area contributed by atoms with Crippen molar-refractivity contribution in [3.05, 3.63) is 112 Å². The Balaban J connectivity index is 0.997. The third kappa shape index (κ3) is 8.46. The predicted octanol–water partition coefficient (Wildman–Crippen LogP) is 4.31. The molecule has 5 heterocycles. The summed E-state index contributed by atoms with van der Waals surface area (Å²) in [4.78, 5) is 80.5. The van der Waals surface area contributed by atoms with Gasteiger partial charge in [0.2, 0.25) is 11.8 Å². The summed E-state index contributed by atoms with van der Waals surface area (Å²) < 4.78 is 22.2. The van der Waals surface area contributed by atoms with Crippen molar-refractivity contribution >= 4 is 57.7 Å². The van der Waals surface area contributed by atoms with Crippen LogP contribution < -0.4 is 37.0 Å². The summed E-state index contributed by atoms with van der Waals surface area (Å²) in [5.74, 6) is -0.842. The van der Waals surface area contributed by atoms with Crippen molar-refractivity contribution in [3.63, 3.8) is 0 Å². The second kappa shape index (κ2) is 17.3. The minimum atomic E-state index is -0.760. The van der Waals surface area contributed by atoms with Crippen LogP contribution in [0.3, 0.4) is 0 Å². The van der Waals surface area contributed by atoms with Gasteiger partial charge in [0.05, 0.1) is 53.0 Å². The van der Waals surface area contributed by atoms with Crippen LogP contribution in [0.5, 0.6) is 5.75 Å². The van der Waals surface area contributed by atoms with E-state index in [9.17, 15) is 28.4 Å². The van der Waals surface area contributed by atoms with E-state index >= 15 is 0 Å². The average molecular weight is 802 g/mol. The van der Waals surface area contributed by atoms with Crippen LogP contribution in [-0.4, -0.2) is 73.4 Å². The quantitative estimate of drug-likeness (QED) is 0.0770. The highest BCUT2D eigenvalue weighted by atomic mass is 19.1. The first kappa shape index (κ1) is 39.7. The van der Waals surface area contributed by atoms with Gasteiger partial charge in [-0.2, -0.15) is 0 Å². The Labute approximate surface area is 336 Å².